The number of carbonyl (C=O) groups is 3. The van der Waals surface area contributed by atoms with Gasteiger partial charge in [0.15, 0.2) is 0 Å². The van der Waals surface area contributed by atoms with Crippen LogP contribution in [-0.4, -0.2) is 90.7 Å². The third-order valence-electron chi connectivity index (χ3n) is 7.01. The van der Waals surface area contributed by atoms with Crippen LogP contribution in [0.4, 0.5) is 0 Å². The van der Waals surface area contributed by atoms with E-state index >= 15 is 0 Å². The lowest BCUT2D eigenvalue weighted by Crippen LogP contribution is -2.42. The highest BCUT2D eigenvalue weighted by molar-refractivity contribution is 6.46. The van der Waals surface area contributed by atoms with Crippen molar-refractivity contribution in [1.29, 1.82) is 0 Å². The zero-order chi connectivity index (χ0) is 27.4. The van der Waals surface area contributed by atoms with Gasteiger partial charge in [0.05, 0.1) is 38.5 Å². The van der Waals surface area contributed by atoms with Crippen molar-refractivity contribution in [2.45, 2.75) is 33.2 Å². The monoisotopic (exact) mass is 525 g/mol. The SMILES string of the molecule is CCCOc1cccc(C2C(=C(O)c3c(C)[nH]c(C(=O)OC)c3C)C(=O)C(=O)N2CCN2CCOCC2)c1. The summed E-state index contributed by atoms with van der Waals surface area (Å²) >= 11 is 0. The number of ketones is 1. The molecule has 1 amide bonds. The van der Waals surface area contributed by atoms with Crippen molar-refractivity contribution < 1.29 is 33.7 Å². The summed E-state index contributed by atoms with van der Waals surface area (Å²) in [4.78, 5) is 45.7. The molecule has 2 aliphatic heterocycles. The van der Waals surface area contributed by atoms with E-state index < -0.39 is 23.7 Å². The van der Waals surface area contributed by atoms with Crippen LogP contribution in [0.5, 0.6) is 5.75 Å². The average molecular weight is 526 g/mol. The van der Waals surface area contributed by atoms with Crippen LogP contribution in [0.15, 0.2) is 29.8 Å². The number of benzene rings is 1. The Morgan fingerprint density at radius 2 is 1.92 bits per heavy atom. The number of carbonyl (C=O) groups excluding carboxylic acids is 3. The molecule has 1 atom stereocenters. The fraction of sp³-hybridized carbons (Fsp3) is 0.464. The fourth-order valence-electron chi connectivity index (χ4n) is 5.07. The Bertz CT molecular complexity index is 1240. The number of nitrogens with one attached hydrogen (secondary N) is 1. The fourth-order valence-corrected chi connectivity index (χ4v) is 5.07. The summed E-state index contributed by atoms with van der Waals surface area (Å²) in [6.45, 7) is 9.47. The molecule has 0 saturated carbocycles. The molecule has 10 nitrogen and oxygen atoms in total. The molecule has 0 aliphatic carbocycles. The van der Waals surface area contributed by atoms with Crippen molar-refractivity contribution >= 4 is 23.4 Å². The van der Waals surface area contributed by atoms with Crippen molar-refractivity contribution in [3.05, 3.63) is 57.9 Å². The molecule has 2 fully saturated rings. The molecule has 1 aromatic heterocycles. The van der Waals surface area contributed by atoms with Crippen LogP contribution in [0, 0.1) is 13.8 Å². The third-order valence-corrected chi connectivity index (χ3v) is 7.01. The van der Waals surface area contributed by atoms with Gasteiger partial charge < -0.3 is 29.2 Å². The van der Waals surface area contributed by atoms with E-state index in [-0.39, 0.29) is 17.0 Å². The quantitative estimate of drug-likeness (QED) is 0.222. The first-order valence-corrected chi connectivity index (χ1v) is 12.9. The summed E-state index contributed by atoms with van der Waals surface area (Å²) < 4.78 is 16.1. The van der Waals surface area contributed by atoms with E-state index in [0.29, 0.717) is 61.0 Å². The Morgan fingerprint density at radius 1 is 1.18 bits per heavy atom. The van der Waals surface area contributed by atoms with E-state index in [1.54, 1.807) is 19.9 Å². The molecule has 2 aliphatic rings. The van der Waals surface area contributed by atoms with E-state index in [0.717, 1.165) is 19.5 Å². The molecule has 38 heavy (non-hydrogen) atoms. The summed E-state index contributed by atoms with van der Waals surface area (Å²) in [6.07, 6.45) is 0.830. The third kappa shape index (κ3) is 5.32. The summed E-state index contributed by atoms with van der Waals surface area (Å²) in [5.74, 6) is -1.75. The van der Waals surface area contributed by atoms with E-state index in [4.69, 9.17) is 14.2 Å². The van der Waals surface area contributed by atoms with Gasteiger partial charge in [0.1, 0.15) is 17.2 Å². The van der Waals surface area contributed by atoms with E-state index in [1.165, 1.54) is 12.0 Å². The van der Waals surface area contributed by atoms with Gasteiger partial charge in [-0.25, -0.2) is 4.79 Å². The van der Waals surface area contributed by atoms with Gasteiger partial charge in [-0.2, -0.15) is 0 Å². The summed E-state index contributed by atoms with van der Waals surface area (Å²) in [6, 6.07) is 6.43. The zero-order valence-electron chi connectivity index (χ0n) is 22.3. The second kappa shape index (κ2) is 11.8. The number of Topliss-reactive ketones (excluding diaryl/α,β-unsaturated/α-hetero) is 1. The van der Waals surface area contributed by atoms with Crippen LogP contribution in [0.1, 0.15) is 52.3 Å². The second-order valence-corrected chi connectivity index (χ2v) is 9.48. The Balaban J connectivity index is 1.80. The second-order valence-electron chi connectivity index (χ2n) is 9.48. The molecule has 3 heterocycles. The maximum Gasteiger partial charge on any atom is 0.354 e. The molecule has 4 rings (SSSR count). The molecule has 2 saturated heterocycles. The molecule has 2 N–H and O–H groups in total. The van der Waals surface area contributed by atoms with Crippen molar-refractivity contribution in [2.75, 3.05) is 53.1 Å². The summed E-state index contributed by atoms with van der Waals surface area (Å²) in [5, 5.41) is 11.6. The first-order valence-electron chi connectivity index (χ1n) is 12.9. The number of H-pyrrole nitrogens is 1. The van der Waals surface area contributed by atoms with Gasteiger partial charge in [0.2, 0.25) is 0 Å². The highest BCUT2D eigenvalue weighted by Crippen LogP contribution is 2.41. The molecule has 0 spiro atoms. The number of ether oxygens (including phenoxy) is 3. The number of nitrogens with zero attached hydrogens (tertiary/aromatic N) is 2. The van der Waals surface area contributed by atoms with Crippen LogP contribution in [-0.2, 0) is 19.1 Å². The van der Waals surface area contributed by atoms with Gasteiger partial charge in [-0.3, -0.25) is 14.5 Å². The number of aromatic amines is 1. The van der Waals surface area contributed by atoms with Crippen molar-refractivity contribution in [3.8, 4) is 5.75 Å². The number of rotatable bonds is 9. The standard InChI is InChI=1S/C28H35N3O7/c1-5-13-38-20-8-6-7-19(16-20)24-22(25(32)21-17(2)23(28(35)36-4)29-18(21)3)26(33)27(34)31(24)10-9-30-11-14-37-15-12-30/h6-8,16,24,29,32H,5,9-15H2,1-4H3. The van der Waals surface area contributed by atoms with Crippen LogP contribution in [0.2, 0.25) is 0 Å². The topological polar surface area (TPSA) is 121 Å². The van der Waals surface area contributed by atoms with Crippen LogP contribution in [0.3, 0.4) is 0 Å². The number of hydrogen-bond acceptors (Lipinski definition) is 8. The predicted octanol–water partition coefficient (Wildman–Crippen LogP) is 2.96. The van der Waals surface area contributed by atoms with E-state index in [1.807, 2.05) is 25.1 Å². The van der Waals surface area contributed by atoms with Crippen molar-refractivity contribution in [2.24, 2.45) is 0 Å². The minimum absolute atomic E-state index is 0.0220. The molecular weight excluding hydrogens is 490 g/mol. The normalized spacial score (nSPS) is 19.7. The number of methoxy groups -OCH3 is 1. The van der Waals surface area contributed by atoms with Gasteiger partial charge in [0, 0.05) is 37.4 Å². The largest absolute Gasteiger partial charge is 0.507 e. The van der Waals surface area contributed by atoms with Crippen molar-refractivity contribution in [3.63, 3.8) is 0 Å². The first kappa shape index (κ1) is 27.4. The number of morpholine rings is 1. The van der Waals surface area contributed by atoms with Gasteiger partial charge >= 0.3 is 5.97 Å². The molecule has 1 aromatic carbocycles. The molecule has 10 heteroatoms. The maximum absolute atomic E-state index is 13.5. The number of likely N-dealkylation sites (tertiary alicyclic amines) is 1. The molecule has 1 unspecified atom stereocenters. The smallest absolute Gasteiger partial charge is 0.354 e. The zero-order valence-corrected chi connectivity index (χ0v) is 22.3. The molecule has 204 valence electrons. The van der Waals surface area contributed by atoms with Crippen LogP contribution in [0.25, 0.3) is 5.76 Å². The number of aliphatic hydroxyl groups is 1. The Kier molecular flexibility index (Phi) is 8.53. The highest BCUT2D eigenvalue weighted by atomic mass is 16.5. The highest BCUT2D eigenvalue weighted by Gasteiger charge is 2.46. The maximum atomic E-state index is 13.5. The van der Waals surface area contributed by atoms with Crippen LogP contribution < -0.4 is 4.74 Å². The first-order chi connectivity index (χ1) is 18.3. The molecule has 0 bridgehead atoms. The van der Waals surface area contributed by atoms with Gasteiger partial charge in [-0.1, -0.05) is 19.1 Å². The number of aromatic nitrogens is 1. The Labute approximate surface area is 222 Å². The lowest BCUT2D eigenvalue weighted by molar-refractivity contribution is -0.140. The number of aliphatic hydroxyl groups excluding tert-OH is 1. The molecule has 0 radical (unpaired) electrons. The van der Waals surface area contributed by atoms with Crippen LogP contribution >= 0.6 is 0 Å². The Morgan fingerprint density at radius 3 is 2.61 bits per heavy atom. The number of esters is 1. The summed E-state index contributed by atoms with van der Waals surface area (Å²) in [5.41, 5.74) is 2.04. The molecular formula is C28H35N3O7. The number of amides is 1. The van der Waals surface area contributed by atoms with E-state index in [2.05, 4.69) is 9.88 Å². The minimum Gasteiger partial charge on any atom is -0.507 e. The number of aryl methyl sites for hydroxylation is 1. The van der Waals surface area contributed by atoms with Gasteiger partial charge in [-0.15, -0.1) is 0 Å². The van der Waals surface area contributed by atoms with Crippen molar-refractivity contribution in [1.82, 2.24) is 14.8 Å². The molecule has 2 aromatic rings. The van der Waals surface area contributed by atoms with Gasteiger partial charge in [0.25, 0.3) is 11.7 Å². The average Bonchev–Trinajstić information content (AvgIpc) is 3.37. The minimum atomic E-state index is -0.823. The van der Waals surface area contributed by atoms with Gasteiger partial charge in [-0.05, 0) is 43.5 Å². The Hall–Kier alpha value is -3.63. The van der Waals surface area contributed by atoms with E-state index in [9.17, 15) is 19.5 Å². The lowest BCUT2D eigenvalue weighted by atomic mass is 9.94. The predicted molar refractivity (Wildman–Crippen MR) is 140 cm³/mol. The summed E-state index contributed by atoms with van der Waals surface area (Å²) in [7, 11) is 1.27. The lowest BCUT2D eigenvalue weighted by Gasteiger charge is -2.31. The number of hydrogen-bond donors (Lipinski definition) is 2.